The highest BCUT2D eigenvalue weighted by Gasteiger charge is 2.42. The Morgan fingerprint density at radius 2 is 2.56 bits per heavy atom. The fourth-order valence-corrected chi connectivity index (χ4v) is 2.91. The highest BCUT2D eigenvalue weighted by molar-refractivity contribution is 8.14. The normalized spacial score (nSPS) is 42.6. The summed E-state index contributed by atoms with van der Waals surface area (Å²) in [6.45, 7) is 1.11. The van der Waals surface area contributed by atoms with Gasteiger partial charge in [-0.3, -0.25) is 9.69 Å². The number of hydrogen-bond acceptors (Lipinski definition) is 3. The third kappa shape index (κ3) is 0.715. The van der Waals surface area contributed by atoms with Gasteiger partial charge in [-0.05, 0) is 13.5 Å². The smallest absolute Gasteiger partial charge is 0.206 e. The minimum absolute atomic E-state index is 0.264. The molecule has 2 aliphatic rings. The summed E-state index contributed by atoms with van der Waals surface area (Å²) in [4.78, 5) is 13.1. The molecule has 0 amide bonds. The number of likely N-dealkylation sites (tertiary alicyclic amines) is 1. The van der Waals surface area contributed by atoms with Gasteiger partial charge in [-0.25, -0.2) is 0 Å². The molecule has 1 unspecified atom stereocenters. The number of nitrogens with zero attached hydrogens (tertiary/aromatic N) is 1. The highest BCUT2D eigenvalue weighted by Crippen LogP contribution is 2.37. The van der Waals surface area contributed by atoms with Crippen molar-refractivity contribution in [3.05, 3.63) is 0 Å². The molecule has 2 nitrogen and oxygen atoms in total. The Kier molecular flexibility index (Phi) is 1.11. The van der Waals surface area contributed by atoms with Crippen molar-refractivity contribution in [1.82, 2.24) is 4.90 Å². The van der Waals surface area contributed by atoms with Crippen LogP contribution in [-0.2, 0) is 4.79 Å². The molecule has 0 aromatic rings. The predicted octanol–water partition coefficient (Wildman–Crippen LogP) is 0.332. The first-order chi connectivity index (χ1) is 4.27. The quantitative estimate of drug-likeness (QED) is 0.487. The van der Waals surface area contributed by atoms with E-state index >= 15 is 0 Å². The van der Waals surface area contributed by atoms with Crippen molar-refractivity contribution < 1.29 is 4.79 Å². The van der Waals surface area contributed by atoms with Crippen molar-refractivity contribution in [2.75, 3.05) is 13.6 Å². The van der Waals surface area contributed by atoms with Gasteiger partial charge in [0.2, 0.25) is 5.12 Å². The lowest BCUT2D eigenvalue weighted by Crippen LogP contribution is -2.33. The van der Waals surface area contributed by atoms with Gasteiger partial charge in [-0.1, -0.05) is 11.8 Å². The molecule has 2 fully saturated rings. The van der Waals surface area contributed by atoms with Crippen molar-refractivity contribution in [1.29, 1.82) is 0 Å². The van der Waals surface area contributed by atoms with Gasteiger partial charge in [-0.2, -0.15) is 0 Å². The third-order valence-corrected chi connectivity index (χ3v) is 3.24. The van der Waals surface area contributed by atoms with E-state index in [2.05, 4.69) is 4.90 Å². The first-order valence-electron chi connectivity index (χ1n) is 3.18. The van der Waals surface area contributed by atoms with Gasteiger partial charge in [0.15, 0.2) is 0 Å². The molecule has 0 radical (unpaired) electrons. The molecule has 0 spiro atoms. The number of thioether (sulfide) groups is 1. The monoisotopic (exact) mass is 143 g/mol. The topological polar surface area (TPSA) is 20.3 Å². The van der Waals surface area contributed by atoms with Crippen LogP contribution in [0.15, 0.2) is 0 Å². The van der Waals surface area contributed by atoms with Gasteiger partial charge < -0.3 is 0 Å². The molecular formula is C6H9NOS. The zero-order valence-electron chi connectivity index (χ0n) is 5.33. The van der Waals surface area contributed by atoms with Gasteiger partial charge in [-0.15, -0.1) is 0 Å². The van der Waals surface area contributed by atoms with Crippen LogP contribution < -0.4 is 0 Å². The molecule has 0 aliphatic carbocycles. The van der Waals surface area contributed by atoms with Gasteiger partial charge in [0.1, 0.15) is 0 Å². The molecule has 2 heterocycles. The maximum absolute atomic E-state index is 11.0. The minimum atomic E-state index is 0.264. The molecule has 3 heteroatoms. The number of hydrogen-bond donors (Lipinski definition) is 0. The summed E-state index contributed by atoms with van der Waals surface area (Å²) in [7, 11) is 2.03. The van der Waals surface area contributed by atoms with Crippen LogP contribution in [0.3, 0.4) is 0 Å². The largest absolute Gasteiger partial charge is 0.295 e. The van der Waals surface area contributed by atoms with Crippen molar-refractivity contribution in [3.8, 4) is 0 Å². The molecule has 0 saturated carbocycles. The lowest BCUT2D eigenvalue weighted by atomic mass is 10.2. The van der Waals surface area contributed by atoms with E-state index in [0.717, 1.165) is 13.0 Å². The summed E-state index contributed by atoms with van der Waals surface area (Å²) in [5.41, 5.74) is 0. The molecule has 2 bridgehead atoms. The fourth-order valence-electron chi connectivity index (χ4n) is 1.56. The summed E-state index contributed by atoms with van der Waals surface area (Å²) in [5.74, 6) is 0. The van der Waals surface area contributed by atoms with Gasteiger partial charge in [0, 0.05) is 11.8 Å². The summed E-state index contributed by atoms with van der Waals surface area (Å²) in [6.07, 6.45) is 1.10. The number of rotatable bonds is 0. The van der Waals surface area contributed by atoms with E-state index in [9.17, 15) is 4.79 Å². The predicted molar refractivity (Wildman–Crippen MR) is 37.4 cm³/mol. The molecule has 9 heavy (non-hydrogen) atoms. The van der Waals surface area contributed by atoms with Crippen LogP contribution in [0.25, 0.3) is 0 Å². The van der Waals surface area contributed by atoms with Crippen molar-refractivity contribution in [3.63, 3.8) is 0 Å². The van der Waals surface area contributed by atoms with E-state index in [1.54, 1.807) is 0 Å². The number of carbonyl (C=O) groups is 1. The van der Waals surface area contributed by atoms with Crippen LogP contribution in [0.2, 0.25) is 0 Å². The van der Waals surface area contributed by atoms with E-state index in [1.165, 1.54) is 11.8 Å². The summed E-state index contributed by atoms with van der Waals surface area (Å²) in [5, 5.41) is 1.00. The molecule has 2 rings (SSSR count). The van der Waals surface area contributed by atoms with Crippen molar-refractivity contribution in [2.45, 2.75) is 17.7 Å². The first kappa shape index (κ1) is 5.74. The number of likely N-dealkylation sites (N-methyl/N-ethyl adjacent to an activating group) is 1. The molecule has 2 aliphatic heterocycles. The van der Waals surface area contributed by atoms with Crippen molar-refractivity contribution >= 4 is 16.9 Å². The molecule has 0 N–H and O–H groups in total. The Balaban J connectivity index is 2.21. The van der Waals surface area contributed by atoms with Gasteiger partial charge >= 0.3 is 0 Å². The average molecular weight is 143 g/mol. The second-order valence-corrected chi connectivity index (χ2v) is 4.05. The minimum Gasteiger partial charge on any atom is -0.295 e. The van der Waals surface area contributed by atoms with Crippen LogP contribution in [0.5, 0.6) is 0 Å². The molecule has 0 aromatic heterocycles. The summed E-state index contributed by atoms with van der Waals surface area (Å²) >= 11 is 1.54. The zero-order valence-corrected chi connectivity index (χ0v) is 6.15. The van der Waals surface area contributed by atoms with Crippen LogP contribution in [0, 0.1) is 0 Å². The van der Waals surface area contributed by atoms with E-state index in [-0.39, 0.29) is 6.04 Å². The van der Waals surface area contributed by atoms with E-state index < -0.39 is 0 Å². The fraction of sp³-hybridized carbons (Fsp3) is 0.833. The SMILES string of the molecule is CN1CC2C[C@H]1C(=O)S2. The molecule has 2 saturated heterocycles. The van der Waals surface area contributed by atoms with E-state index in [1.807, 2.05) is 7.05 Å². The summed E-state index contributed by atoms with van der Waals surface area (Å²) < 4.78 is 0. The van der Waals surface area contributed by atoms with Gasteiger partial charge in [0.25, 0.3) is 0 Å². The third-order valence-electron chi connectivity index (χ3n) is 2.06. The Bertz CT molecular complexity index is 159. The second-order valence-electron chi connectivity index (χ2n) is 2.75. The van der Waals surface area contributed by atoms with Crippen molar-refractivity contribution in [2.24, 2.45) is 0 Å². The summed E-state index contributed by atoms with van der Waals surface area (Å²) in [6, 6.07) is 0.264. The Morgan fingerprint density at radius 1 is 1.78 bits per heavy atom. The average Bonchev–Trinajstić information content (AvgIpc) is 2.22. The Hall–Kier alpha value is -0.0200. The van der Waals surface area contributed by atoms with Gasteiger partial charge in [0.05, 0.1) is 6.04 Å². The number of carbonyl (C=O) groups excluding carboxylic acids is 1. The first-order valence-corrected chi connectivity index (χ1v) is 4.06. The Labute approximate surface area is 58.6 Å². The Morgan fingerprint density at radius 3 is 2.89 bits per heavy atom. The second kappa shape index (κ2) is 1.73. The maximum atomic E-state index is 11.0. The van der Waals surface area contributed by atoms with Crippen LogP contribution in [-0.4, -0.2) is 34.9 Å². The molecular weight excluding hydrogens is 134 g/mol. The lowest BCUT2D eigenvalue weighted by Gasteiger charge is -2.19. The maximum Gasteiger partial charge on any atom is 0.206 e. The lowest BCUT2D eigenvalue weighted by molar-refractivity contribution is -0.114. The highest BCUT2D eigenvalue weighted by atomic mass is 32.2. The van der Waals surface area contributed by atoms with Crippen LogP contribution in [0.1, 0.15) is 6.42 Å². The molecule has 2 atom stereocenters. The van der Waals surface area contributed by atoms with E-state index in [0.29, 0.717) is 10.4 Å². The van der Waals surface area contributed by atoms with Crippen LogP contribution in [0.4, 0.5) is 0 Å². The van der Waals surface area contributed by atoms with Crippen LogP contribution >= 0.6 is 11.8 Å². The van der Waals surface area contributed by atoms with E-state index in [4.69, 9.17) is 0 Å². The number of fused-ring (bicyclic) bond motifs is 2. The standard InChI is InChI=1S/C6H9NOS/c1-7-3-4-2-5(7)6(8)9-4/h4-5H,2-3H2,1H3/t4?,5-/m0/s1. The molecule has 50 valence electrons. The molecule has 0 aromatic carbocycles. The zero-order chi connectivity index (χ0) is 6.43.